The van der Waals surface area contributed by atoms with Crippen LogP contribution >= 0.6 is 0 Å². The third-order valence-electron chi connectivity index (χ3n) is 8.71. The number of rotatable bonds is 5. The lowest BCUT2D eigenvalue weighted by molar-refractivity contribution is -0.137. The van der Waals surface area contributed by atoms with Crippen LogP contribution in [0, 0.1) is 5.82 Å². The monoisotopic (exact) mass is 564 g/mol. The van der Waals surface area contributed by atoms with Crippen molar-refractivity contribution in [1.29, 1.82) is 0 Å². The molecule has 0 radical (unpaired) electrons. The molecule has 1 aromatic heterocycles. The maximum absolute atomic E-state index is 14.9. The van der Waals surface area contributed by atoms with E-state index in [-0.39, 0.29) is 37.2 Å². The summed E-state index contributed by atoms with van der Waals surface area (Å²) < 4.78 is 62.3. The fourth-order valence-corrected chi connectivity index (χ4v) is 6.72. The number of aromatic nitrogens is 2. The van der Waals surface area contributed by atoms with Gasteiger partial charge in [-0.25, -0.2) is 9.18 Å². The van der Waals surface area contributed by atoms with Crippen LogP contribution in [0.1, 0.15) is 42.5 Å². The smallest absolute Gasteiger partial charge is 0.418 e. The molecule has 6 rings (SSSR count). The Morgan fingerprint density at radius 1 is 1.10 bits per heavy atom. The Balaban J connectivity index is 1.34. The number of piperazine rings is 1. The molecular weight excluding hydrogens is 532 g/mol. The number of para-hydroxylation sites is 1. The Labute approximate surface area is 229 Å². The van der Waals surface area contributed by atoms with Gasteiger partial charge < -0.3 is 24.5 Å². The summed E-state index contributed by atoms with van der Waals surface area (Å²) in [6.07, 6.45) is -1.75. The number of likely N-dealkylation sites (N-methyl/N-ethyl adjacent to an activating group) is 1. The van der Waals surface area contributed by atoms with Crippen molar-refractivity contribution in [2.45, 2.75) is 63.0 Å². The van der Waals surface area contributed by atoms with Crippen LogP contribution in [0.4, 0.5) is 33.9 Å². The van der Waals surface area contributed by atoms with Gasteiger partial charge in [0.05, 0.1) is 35.6 Å². The first-order chi connectivity index (χ1) is 19.1. The molecule has 3 fully saturated rings. The van der Waals surface area contributed by atoms with Crippen LogP contribution in [0.3, 0.4) is 0 Å². The summed E-state index contributed by atoms with van der Waals surface area (Å²) in [5.74, 6) is -0.305. The predicted octanol–water partition coefficient (Wildman–Crippen LogP) is 4.00. The van der Waals surface area contributed by atoms with Crippen molar-refractivity contribution in [3.8, 4) is 6.01 Å². The number of likely N-dealkylation sites (tertiary alicyclic amines) is 1. The van der Waals surface area contributed by atoms with Crippen molar-refractivity contribution in [1.82, 2.24) is 19.8 Å². The average Bonchev–Trinajstić information content (AvgIpc) is 3.44. The van der Waals surface area contributed by atoms with Crippen molar-refractivity contribution in [2.24, 2.45) is 0 Å². The molecular formula is C27H32F4N6O3. The number of benzene rings is 1. The van der Waals surface area contributed by atoms with Gasteiger partial charge in [0.1, 0.15) is 18.2 Å². The van der Waals surface area contributed by atoms with Gasteiger partial charge in [0.2, 0.25) is 0 Å². The van der Waals surface area contributed by atoms with Gasteiger partial charge >= 0.3 is 18.3 Å². The number of amides is 1. The Hall–Kier alpha value is -3.35. The number of fused-ring (bicyclic) bond motifs is 3. The predicted molar refractivity (Wildman–Crippen MR) is 138 cm³/mol. The van der Waals surface area contributed by atoms with E-state index in [1.165, 1.54) is 9.80 Å². The summed E-state index contributed by atoms with van der Waals surface area (Å²) in [6.45, 7) is 2.40. The van der Waals surface area contributed by atoms with Crippen LogP contribution in [0.2, 0.25) is 0 Å². The molecule has 5 heterocycles. The second kappa shape index (κ2) is 10.2. The number of halogens is 4. The first-order valence-corrected chi connectivity index (χ1v) is 13.7. The van der Waals surface area contributed by atoms with E-state index < -0.39 is 29.3 Å². The Bertz CT molecular complexity index is 1280. The van der Waals surface area contributed by atoms with Crippen molar-refractivity contribution < 1.29 is 32.2 Å². The normalized spacial score (nSPS) is 24.9. The minimum Gasteiger partial charge on any atom is -0.465 e. The second-order valence-electron chi connectivity index (χ2n) is 11.1. The highest BCUT2D eigenvalue weighted by Crippen LogP contribution is 2.41. The molecule has 1 amide bonds. The summed E-state index contributed by atoms with van der Waals surface area (Å²) >= 11 is 0. The number of carboxylic acid groups (broad SMARTS) is 1. The summed E-state index contributed by atoms with van der Waals surface area (Å²) in [5.41, 5.74) is -0.221. The molecule has 0 aliphatic carbocycles. The molecule has 13 heteroatoms. The van der Waals surface area contributed by atoms with Crippen LogP contribution in [0.5, 0.6) is 6.01 Å². The van der Waals surface area contributed by atoms with Gasteiger partial charge in [-0.05, 0) is 57.8 Å². The first-order valence-electron chi connectivity index (χ1n) is 13.7. The molecule has 2 aromatic rings. The zero-order chi connectivity index (χ0) is 28.2. The molecule has 216 valence electrons. The zero-order valence-corrected chi connectivity index (χ0v) is 22.2. The van der Waals surface area contributed by atoms with Gasteiger partial charge in [-0.2, -0.15) is 23.1 Å². The van der Waals surface area contributed by atoms with E-state index in [2.05, 4.69) is 14.8 Å². The van der Waals surface area contributed by atoms with Crippen LogP contribution in [0.15, 0.2) is 18.2 Å². The molecule has 0 saturated carbocycles. The van der Waals surface area contributed by atoms with E-state index in [9.17, 15) is 27.5 Å². The summed E-state index contributed by atoms with van der Waals surface area (Å²) in [4.78, 5) is 28.4. The maximum atomic E-state index is 14.9. The van der Waals surface area contributed by atoms with Crippen LogP contribution in [-0.4, -0.2) is 88.9 Å². The van der Waals surface area contributed by atoms with E-state index in [0.717, 1.165) is 56.0 Å². The molecule has 0 spiro atoms. The van der Waals surface area contributed by atoms with Crippen LogP contribution in [-0.2, 0) is 19.1 Å². The second-order valence-corrected chi connectivity index (χ2v) is 11.1. The number of alkyl halides is 3. The zero-order valence-electron chi connectivity index (χ0n) is 22.2. The quantitative estimate of drug-likeness (QED) is 0.546. The third-order valence-corrected chi connectivity index (χ3v) is 8.71. The molecule has 1 aromatic carbocycles. The number of nitrogens with zero attached hydrogens (tertiary/aromatic N) is 6. The minimum absolute atomic E-state index is 0.0312. The molecule has 2 bridgehead atoms. The van der Waals surface area contributed by atoms with Crippen molar-refractivity contribution in [3.63, 3.8) is 0 Å². The summed E-state index contributed by atoms with van der Waals surface area (Å²) in [6, 6.07) is 3.02. The Morgan fingerprint density at radius 2 is 1.85 bits per heavy atom. The van der Waals surface area contributed by atoms with E-state index in [0.29, 0.717) is 37.6 Å². The molecule has 3 saturated heterocycles. The van der Waals surface area contributed by atoms with E-state index >= 15 is 0 Å². The molecule has 4 aliphatic heterocycles. The number of hydrogen-bond acceptors (Lipinski definition) is 7. The maximum Gasteiger partial charge on any atom is 0.418 e. The highest BCUT2D eigenvalue weighted by atomic mass is 19.4. The summed E-state index contributed by atoms with van der Waals surface area (Å²) in [5, 5.41) is 9.69. The molecule has 4 aliphatic rings. The first kappa shape index (κ1) is 26.9. The molecule has 9 nitrogen and oxygen atoms in total. The number of hydrogen-bond donors (Lipinski definition) is 1. The van der Waals surface area contributed by atoms with Gasteiger partial charge in [0.25, 0.3) is 0 Å². The van der Waals surface area contributed by atoms with Gasteiger partial charge in [0, 0.05) is 31.2 Å². The van der Waals surface area contributed by atoms with E-state index in [4.69, 9.17) is 9.72 Å². The minimum atomic E-state index is -4.71. The number of carbonyl (C=O) groups is 1. The van der Waals surface area contributed by atoms with Crippen molar-refractivity contribution in [3.05, 3.63) is 40.8 Å². The third kappa shape index (κ3) is 4.88. The van der Waals surface area contributed by atoms with Gasteiger partial charge in [0.15, 0.2) is 0 Å². The number of ether oxygens (including phenoxy) is 1. The molecule has 3 atom stereocenters. The lowest BCUT2D eigenvalue weighted by atomic mass is 10.0. The highest BCUT2D eigenvalue weighted by Gasteiger charge is 2.44. The topological polar surface area (TPSA) is 85.3 Å². The lowest BCUT2D eigenvalue weighted by Gasteiger charge is -2.41. The van der Waals surface area contributed by atoms with Crippen LogP contribution < -0.4 is 14.5 Å². The van der Waals surface area contributed by atoms with E-state index in [1.54, 1.807) is 0 Å². The van der Waals surface area contributed by atoms with Gasteiger partial charge in [-0.1, -0.05) is 6.07 Å². The average molecular weight is 565 g/mol. The Morgan fingerprint density at radius 3 is 2.50 bits per heavy atom. The van der Waals surface area contributed by atoms with Crippen molar-refractivity contribution >= 4 is 17.6 Å². The largest absolute Gasteiger partial charge is 0.465 e. The molecule has 40 heavy (non-hydrogen) atoms. The number of anilines is 2. The standard InChI is InChI=1S/C27H32F4N6O3/c1-34-10-3-4-18(34)15-40-25-32-22-14-35(23-20(27(29,30)31)5-2-6-21(23)28)11-9-19(22)24(33-25)36-12-16-7-8-17(13-36)37(16)26(38)39/h2,5-6,16-18H,3-4,7-15H2,1H3,(H,38,39)/t16-,17+,18?. The lowest BCUT2D eigenvalue weighted by Crippen LogP contribution is -2.56. The summed E-state index contributed by atoms with van der Waals surface area (Å²) in [7, 11) is 2.03. The van der Waals surface area contributed by atoms with Crippen molar-refractivity contribution in [2.75, 3.05) is 49.6 Å². The SMILES string of the molecule is CN1CCCC1COc1nc2c(c(N3C[C@H]4CC[C@@H](C3)N4C(=O)O)n1)CCN(c1c(F)cccc1C(F)(F)F)C2. The Kier molecular flexibility index (Phi) is 6.87. The van der Waals surface area contributed by atoms with Crippen LogP contribution in [0.25, 0.3) is 0 Å². The fourth-order valence-electron chi connectivity index (χ4n) is 6.72. The van der Waals surface area contributed by atoms with E-state index in [1.807, 2.05) is 7.05 Å². The highest BCUT2D eigenvalue weighted by molar-refractivity contribution is 5.68. The van der Waals surface area contributed by atoms with Gasteiger partial charge in [-0.15, -0.1) is 0 Å². The van der Waals surface area contributed by atoms with Gasteiger partial charge in [-0.3, -0.25) is 4.90 Å². The molecule has 1 N–H and O–H groups in total. The molecule has 1 unspecified atom stereocenters. The fraction of sp³-hybridized carbons (Fsp3) is 0.593.